The maximum absolute atomic E-state index is 7.19. The van der Waals surface area contributed by atoms with Crippen molar-refractivity contribution < 1.29 is 4.74 Å². The molecule has 0 bridgehead atoms. The topological polar surface area (TPSA) is 22.2 Å². The van der Waals surface area contributed by atoms with Gasteiger partial charge in [0, 0.05) is 78.8 Å². The molecule has 1 saturated heterocycles. The zero-order valence-corrected chi connectivity index (χ0v) is 52.4. The first-order chi connectivity index (χ1) is 46.1. The van der Waals surface area contributed by atoms with Gasteiger partial charge in [0.1, 0.15) is 11.5 Å². The zero-order chi connectivity index (χ0) is 61.5. The highest BCUT2D eigenvalue weighted by Crippen LogP contribution is 2.59. The molecule has 3 aliphatic carbocycles. The lowest BCUT2D eigenvalue weighted by atomic mass is 9.25. The first-order valence-corrected chi connectivity index (χ1v) is 33.6. The van der Waals surface area contributed by atoms with Crippen molar-refractivity contribution in [3.63, 3.8) is 0 Å². The lowest BCUT2D eigenvalue weighted by molar-refractivity contribution is 0.485. The van der Waals surface area contributed by atoms with E-state index in [2.05, 4.69) is 348 Å². The number of hydrogen-bond acceptors (Lipinski definition) is 6. The molecule has 8 heteroatoms. The predicted molar refractivity (Wildman–Crippen MR) is 392 cm³/mol. The number of aryl methyl sites for hydroxylation is 1. The summed E-state index contributed by atoms with van der Waals surface area (Å²) >= 11 is 2.00. The van der Waals surface area contributed by atoms with Gasteiger partial charge in [-0.3, -0.25) is 0 Å². The molecule has 93 heavy (non-hydrogen) atoms. The molecule has 7 aliphatic rings. The van der Waals surface area contributed by atoms with E-state index in [4.69, 9.17) is 4.74 Å². The van der Waals surface area contributed by atoms with Gasteiger partial charge in [-0.25, -0.2) is 0 Å². The van der Waals surface area contributed by atoms with Crippen molar-refractivity contribution in [3.8, 4) is 33.8 Å². The highest BCUT2D eigenvalue weighted by Gasteiger charge is 2.57. The van der Waals surface area contributed by atoms with Crippen LogP contribution < -0.4 is 40.7 Å². The van der Waals surface area contributed by atoms with Crippen LogP contribution in [0.1, 0.15) is 24.0 Å². The first-order valence-electron chi connectivity index (χ1n) is 32.8. The van der Waals surface area contributed by atoms with Crippen LogP contribution in [0.2, 0.25) is 11.6 Å². The van der Waals surface area contributed by atoms with E-state index < -0.39 is 0 Å². The standard InChI is InChI=1S/C85H64B2N4OS/c1-57-25-24-38-70(62-30-12-4-13-31-62)85(57)91-76-56-81-74(87-72-40-21-23-42-79(72)92-80-53-69(54-82(93-81)84(80)87)88(63-32-14-5-15-33-63)64-34-16-6-17-35-64)55-73(76)86-71-39-20-22-41-75(71)90(65-36-18-7-19-37-65)77-51-68(52-78(91)83(77)86)89(66-47-43-60(44-48-66)58-26-8-2-9-27-58)67-49-45-61(46-50-67)59-28-10-3-11-29-59/h2,4-10,12-56,74,78,81,83H,3,11H2,1H3. The number of hydrogen-bond donors (Lipinski definition) is 0. The summed E-state index contributed by atoms with van der Waals surface area (Å²) in [7, 11) is 0. The van der Waals surface area contributed by atoms with E-state index in [1.807, 2.05) is 11.8 Å². The Hall–Kier alpha value is -10.7. The van der Waals surface area contributed by atoms with Crippen molar-refractivity contribution in [1.29, 1.82) is 0 Å². The minimum absolute atomic E-state index is 0.00815. The second kappa shape index (κ2) is 22.9. The smallest absolute Gasteiger partial charge is 0.228 e. The van der Waals surface area contributed by atoms with Gasteiger partial charge >= 0.3 is 0 Å². The Morgan fingerprint density at radius 1 is 0.495 bits per heavy atom. The molecule has 4 aliphatic heterocycles. The Balaban J connectivity index is 0.890. The third-order valence-electron chi connectivity index (χ3n) is 20.1. The third kappa shape index (κ3) is 9.40. The summed E-state index contributed by atoms with van der Waals surface area (Å²) in [5, 5.41) is 0.0506. The maximum Gasteiger partial charge on any atom is 0.228 e. The van der Waals surface area contributed by atoms with Gasteiger partial charge in [0.2, 0.25) is 13.4 Å². The van der Waals surface area contributed by atoms with Crippen molar-refractivity contribution >= 4 is 92.6 Å². The Kier molecular flexibility index (Phi) is 13.6. The van der Waals surface area contributed by atoms with Crippen LogP contribution in [0.4, 0.5) is 45.5 Å². The highest BCUT2D eigenvalue weighted by molar-refractivity contribution is 8.00. The maximum atomic E-state index is 7.19. The van der Waals surface area contributed by atoms with Crippen LogP contribution in [0, 0.1) is 6.92 Å². The monoisotopic (exact) mass is 1210 g/mol. The predicted octanol–water partition coefficient (Wildman–Crippen LogP) is 19.9. The molecular weight excluding hydrogens is 1150 g/mol. The van der Waals surface area contributed by atoms with Crippen LogP contribution >= 0.6 is 11.8 Å². The molecule has 0 saturated carbocycles. The third-order valence-corrected chi connectivity index (χ3v) is 21.4. The fourth-order valence-electron chi connectivity index (χ4n) is 16.1. The van der Waals surface area contributed by atoms with Gasteiger partial charge in [0.05, 0.1) is 17.4 Å². The molecule has 0 aromatic heterocycles. The number of ether oxygens (including phenoxy) is 1. The fraction of sp³-hybridized carbons (Fsp3) is 0.0824. The number of fused-ring (bicyclic) bond motifs is 8. The van der Waals surface area contributed by atoms with Crippen LogP contribution in [-0.4, -0.2) is 24.7 Å². The zero-order valence-electron chi connectivity index (χ0n) is 51.6. The molecule has 0 spiro atoms. The Morgan fingerprint density at radius 3 is 1.81 bits per heavy atom. The minimum atomic E-state index is -0.177. The summed E-state index contributed by atoms with van der Waals surface area (Å²) in [6.07, 6.45) is 19.8. The van der Waals surface area contributed by atoms with E-state index in [9.17, 15) is 0 Å². The van der Waals surface area contributed by atoms with E-state index in [0.717, 1.165) is 64.2 Å². The number of benzene rings is 11. The van der Waals surface area contributed by atoms with Gasteiger partial charge in [0.25, 0.3) is 0 Å². The molecule has 0 N–H and O–H groups in total. The summed E-state index contributed by atoms with van der Waals surface area (Å²) in [5.74, 6) is 1.91. The second-order valence-electron chi connectivity index (χ2n) is 25.3. The van der Waals surface area contributed by atoms with E-state index in [1.165, 1.54) is 88.5 Å². The minimum Gasteiger partial charge on any atom is -0.458 e. The van der Waals surface area contributed by atoms with Gasteiger partial charge < -0.3 is 24.3 Å². The molecule has 442 valence electrons. The summed E-state index contributed by atoms with van der Waals surface area (Å²) < 4.78 is 7.19. The lowest BCUT2D eigenvalue weighted by Gasteiger charge is -2.56. The fourth-order valence-corrected chi connectivity index (χ4v) is 17.5. The van der Waals surface area contributed by atoms with Crippen molar-refractivity contribution in [2.75, 3.05) is 19.6 Å². The molecular formula is C85H64B2N4OS. The second-order valence-corrected chi connectivity index (χ2v) is 26.6. The first kappa shape index (κ1) is 55.2. The van der Waals surface area contributed by atoms with Gasteiger partial charge in [-0.15, -0.1) is 11.8 Å². The average molecular weight is 1210 g/mol. The number of thioether (sulfide) groups is 1. The van der Waals surface area contributed by atoms with Crippen molar-refractivity contribution in [1.82, 2.24) is 0 Å². The Bertz CT molecular complexity index is 4880. The highest BCUT2D eigenvalue weighted by atomic mass is 32.2. The summed E-state index contributed by atoms with van der Waals surface area (Å²) in [5.41, 5.74) is 26.4. The van der Waals surface area contributed by atoms with Gasteiger partial charge in [-0.2, -0.15) is 0 Å². The van der Waals surface area contributed by atoms with Crippen LogP contribution in [-0.2, 0) is 0 Å². The van der Waals surface area contributed by atoms with Crippen LogP contribution in [0.25, 0.3) is 27.8 Å². The normalized spacial score (nSPS) is 18.5. The van der Waals surface area contributed by atoms with Gasteiger partial charge in [-0.1, -0.05) is 224 Å². The van der Waals surface area contributed by atoms with Crippen molar-refractivity contribution in [3.05, 3.63) is 355 Å². The Labute approximate surface area is 550 Å². The van der Waals surface area contributed by atoms with Crippen molar-refractivity contribution in [2.45, 2.75) is 47.6 Å². The molecule has 4 unspecified atom stereocenters. The molecule has 18 rings (SSSR count). The molecule has 0 amide bonds. The lowest BCUT2D eigenvalue weighted by Crippen LogP contribution is -2.62. The number of nitrogens with zero attached hydrogens (tertiary/aromatic N) is 4. The average Bonchev–Trinajstić information content (AvgIpc) is 0.691. The van der Waals surface area contributed by atoms with Gasteiger partial charge in [-0.05, 0) is 172 Å². The quantitative estimate of drug-likeness (QED) is 0.120. The van der Waals surface area contributed by atoms with E-state index in [0.29, 0.717) is 0 Å². The van der Waals surface area contributed by atoms with E-state index >= 15 is 0 Å². The summed E-state index contributed by atoms with van der Waals surface area (Å²) in [6.45, 7) is 2.35. The molecule has 4 heterocycles. The van der Waals surface area contributed by atoms with Crippen LogP contribution in [0.5, 0.6) is 11.5 Å². The Morgan fingerprint density at radius 2 is 1.11 bits per heavy atom. The molecule has 11 aromatic carbocycles. The summed E-state index contributed by atoms with van der Waals surface area (Å²) in [6, 6.07) is 103. The van der Waals surface area contributed by atoms with Crippen LogP contribution in [0.15, 0.2) is 349 Å². The number of para-hydroxylation sites is 6. The molecule has 11 aromatic rings. The van der Waals surface area contributed by atoms with Crippen LogP contribution in [0.3, 0.4) is 0 Å². The summed E-state index contributed by atoms with van der Waals surface area (Å²) in [4.78, 5) is 11.6. The number of allylic oxidation sites excluding steroid dienone is 7. The molecule has 1 fully saturated rings. The molecule has 4 atom stereocenters. The van der Waals surface area contributed by atoms with Crippen molar-refractivity contribution in [2.24, 2.45) is 0 Å². The van der Waals surface area contributed by atoms with Gasteiger partial charge in [0.15, 0.2) is 0 Å². The largest absolute Gasteiger partial charge is 0.458 e. The van der Waals surface area contributed by atoms with E-state index in [-0.39, 0.29) is 36.4 Å². The molecule has 0 radical (unpaired) electrons. The molecule has 5 nitrogen and oxygen atoms in total. The van der Waals surface area contributed by atoms with E-state index in [1.54, 1.807) is 0 Å². The number of anilines is 8. The SMILES string of the molecule is Cc1cccc(-c2ccccc2)c1N1C2=CC3Sc4cc(N(c5ccccc5)c5ccccc5)cc5c4B(c4ccccc4O5)C3C=C2B2c3ccccc3N(c3ccccc3)C3=CC(N(c4ccc(C5=CCCC=C5)cc4)c4ccc(-c5ccccc5)cc4)=CC1C23. The number of rotatable bonds is 11.